The molecule has 3 heteroatoms. The monoisotopic (exact) mass is 172 g/mol. The molecular weight excluding hydrogens is 156 g/mol. The van der Waals surface area contributed by atoms with E-state index in [1.165, 1.54) is 6.42 Å². The van der Waals surface area contributed by atoms with Crippen molar-refractivity contribution in [3.05, 3.63) is 0 Å². The maximum absolute atomic E-state index is 5.55. The smallest absolute Gasteiger partial charge is 0.166 e. The molecule has 0 amide bonds. The molecule has 0 radical (unpaired) electrons. The minimum atomic E-state index is 0.559. The van der Waals surface area contributed by atoms with E-state index in [0.29, 0.717) is 5.11 Å². The lowest BCUT2D eigenvalue weighted by Gasteiger charge is -2.35. The van der Waals surface area contributed by atoms with Gasteiger partial charge in [0, 0.05) is 13.1 Å². The third kappa shape index (κ3) is 2.33. The number of thiocarbonyl (C=S) groups is 1. The van der Waals surface area contributed by atoms with Gasteiger partial charge in [0.05, 0.1) is 0 Å². The Kier molecular flexibility index (Phi) is 2.71. The van der Waals surface area contributed by atoms with Gasteiger partial charge in [-0.3, -0.25) is 0 Å². The Bertz CT molecular complexity index is 148. The van der Waals surface area contributed by atoms with Crippen LogP contribution in [0.5, 0.6) is 0 Å². The molecule has 0 aromatic carbocycles. The van der Waals surface area contributed by atoms with Crippen molar-refractivity contribution in [2.75, 3.05) is 13.1 Å². The summed E-state index contributed by atoms with van der Waals surface area (Å²) < 4.78 is 0. The van der Waals surface area contributed by atoms with Crippen molar-refractivity contribution >= 4 is 17.3 Å². The number of rotatable bonds is 0. The minimum absolute atomic E-state index is 0.559. The van der Waals surface area contributed by atoms with Gasteiger partial charge in [-0.05, 0) is 30.5 Å². The van der Waals surface area contributed by atoms with Gasteiger partial charge in [0.2, 0.25) is 0 Å². The van der Waals surface area contributed by atoms with Crippen LogP contribution in [0.15, 0.2) is 0 Å². The van der Waals surface area contributed by atoms with Gasteiger partial charge in [-0.15, -0.1) is 0 Å². The van der Waals surface area contributed by atoms with Gasteiger partial charge in [0.1, 0.15) is 0 Å². The Labute approximate surface area is 73.7 Å². The molecule has 2 nitrogen and oxygen atoms in total. The van der Waals surface area contributed by atoms with Crippen molar-refractivity contribution in [2.24, 2.45) is 17.6 Å². The molecule has 1 fully saturated rings. The van der Waals surface area contributed by atoms with Crippen molar-refractivity contribution in [3.8, 4) is 0 Å². The number of nitrogens with zero attached hydrogens (tertiary/aromatic N) is 1. The Morgan fingerprint density at radius 2 is 1.82 bits per heavy atom. The second kappa shape index (κ2) is 3.39. The van der Waals surface area contributed by atoms with E-state index >= 15 is 0 Å². The summed E-state index contributed by atoms with van der Waals surface area (Å²) >= 11 is 4.93. The van der Waals surface area contributed by atoms with Gasteiger partial charge in [-0.2, -0.15) is 0 Å². The van der Waals surface area contributed by atoms with Crippen LogP contribution in [0.1, 0.15) is 20.3 Å². The van der Waals surface area contributed by atoms with Crippen LogP contribution in [0.4, 0.5) is 0 Å². The van der Waals surface area contributed by atoms with Gasteiger partial charge in [-0.1, -0.05) is 13.8 Å². The molecule has 64 valence electrons. The standard InChI is InChI=1S/C8H16N2S/c1-6-3-7(2)5-10(4-6)8(9)11/h6-7H,3-5H2,1-2H3,(H2,9,11). The van der Waals surface area contributed by atoms with Crippen LogP contribution < -0.4 is 5.73 Å². The van der Waals surface area contributed by atoms with E-state index in [-0.39, 0.29) is 0 Å². The Morgan fingerprint density at radius 1 is 1.36 bits per heavy atom. The fraction of sp³-hybridized carbons (Fsp3) is 0.875. The lowest BCUT2D eigenvalue weighted by atomic mass is 9.92. The van der Waals surface area contributed by atoms with Crippen LogP contribution in [0.2, 0.25) is 0 Å². The van der Waals surface area contributed by atoms with Gasteiger partial charge in [-0.25, -0.2) is 0 Å². The molecule has 0 aliphatic carbocycles. The SMILES string of the molecule is CC1CC(C)CN(C(N)=S)C1. The molecule has 0 bridgehead atoms. The summed E-state index contributed by atoms with van der Waals surface area (Å²) in [5, 5.41) is 0.559. The highest BCUT2D eigenvalue weighted by atomic mass is 32.1. The van der Waals surface area contributed by atoms with Gasteiger partial charge in [0.15, 0.2) is 5.11 Å². The molecular formula is C8H16N2S. The van der Waals surface area contributed by atoms with Crippen molar-refractivity contribution < 1.29 is 0 Å². The third-order valence-electron chi connectivity index (χ3n) is 2.18. The lowest BCUT2D eigenvalue weighted by molar-refractivity contribution is 0.215. The number of piperidine rings is 1. The summed E-state index contributed by atoms with van der Waals surface area (Å²) in [6.45, 7) is 6.58. The fourth-order valence-corrected chi connectivity index (χ4v) is 1.99. The van der Waals surface area contributed by atoms with Gasteiger partial charge in [0.25, 0.3) is 0 Å². The van der Waals surface area contributed by atoms with E-state index in [9.17, 15) is 0 Å². The highest BCUT2D eigenvalue weighted by molar-refractivity contribution is 7.80. The average molecular weight is 172 g/mol. The van der Waals surface area contributed by atoms with E-state index in [1.54, 1.807) is 0 Å². The molecule has 0 spiro atoms. The molecule has 2 unspecified atom stereocenters. The maximum Gasteiger partial charge on any atom is 0.166 e. The zero-order valence-electron chi connectivity index (χ0n) is 7.21. The molecule has 0 aromatic rings. The Balaban J connectivity index is 2.49. The summed E-state index contributed by atoms with van der Waals surface area (Å²) in [6.07, 6.45) is 1.30. The van der Waals surface area contributed by atoms with Crippen LogP contribution in [0, 0.1) is 11.8 Å². The fourth-order valence-electron chi connectivity index (χ4n) is 1.84. The third-order valence-corrected chi connectivity index (χ3v) is 2.44. The zero-order chi connectivity index (χ0) is 8.43. The maximum atomic E-state index is 5.55. The first-order valence-corrected chi connectivity index (χ1v) is 4.54. The van der Waals surface area contributed by atoms with E-state index < -0.39 is 0 Å². The molecule has 1 aliphatic rings. The van der Waals surface area contributed by atoms with Crippen molar-refractivity contribution in [1.82, 2.24) is 4.90 Å². The summed E-state index contributed by atoms with van der Waals surface area (Å²) in [5.74, 6) is 1.47. The minimum Gasteiger partial charge on any atom is -0.376 e. The second-order valence-electron chi connectivity index (χ2n) is 3.69. The predicted molar refractivity (Wildman–Crippen MR) is 51.3 cm³/mol. The zero-order valence-corrected chi connectivity index (χ0v) is 8.03. The molecule has 1 heterocycles. The van der Waals surface area contributed by atoms with E-state index in [0.717, 1.165) is 24.9 Å². The van der Waals surface area contributed by atoms with Crippen LogP contribution >= 0.6 is 12.2 Å². The molecule has 0 saturated carbocycles. The largest absolute Gasteiger partial charge is 0.376 e. The summed E-state index contributed by atoms with van der Waals surface area (Å²) in [7, 11) is 0. The van der Waals surface area contributed by atoms with Crippen molar-refractivity contribution in [3.63, 3.8) is 0 Å². The summed E-state index contributed by atoms with van der Waals surface area (Å²) in [5.41, 5.74) is 5.55. The normalized spacial score (nSPS) is 32.0. The molecule has 2 N–H and O–H groups in total. The van der Waals surface area contributed by atoms with Crippen molar-refractivity contribution in [2.45, 2.75) is 20.3 Å². The van der Waals surface area contributed by atoms with E-state index in [1.807, 2.05) is 0 Å². The highest BCUT2D eigenvalue weighted by Gasteiger charge is 2.21. The van der Waals surface area contributed by atoms with Gasteiger partial charge >= 0.3 is 0 Å². The highest BCUT2D eigenvalue weighted by Crippen LogP contribution is 2.20. The van der Waals surface area contributed by atoms with E-state index in [4.69, 9.17) is 18.0 Å². The molecule has 1 rings (SSSR count). The summed E-state index contributed by atoms with van der Waals surface area (Å²) in [6, 6.07) is 0. The van der Waals surface area contributed by atoms with E-state index in [2.05, 4.69) is 18.7 Å². The lowest BCUT2D eigenvalue weighted by Crippen LogP contribution is -2.45. The summed E-state index contributed by atoms with van der Waals surface area (Å²) in [4.78, 5) is 2.11. The first-order chi connectivity index (χ1) is 5.09. The molecule has 1 saturated heterocycles. The molecule has 1 aliphatic heterocycles. The van der Waals surface area contributed by atoms with Gasteiger partial charge < -0.3 is 10.6 Å². The quantitative estimate of drug-likeness (QED) is 0.557. The number of hydrogen-bond donors (Lipinski definition) is 1. The average Bonchev–Trinajstić information content (AvgIpc) is 1.85. The van der Waals surface area contributed by atoms with Crippen molar-refractivity contribution in [1.29, 1.82) is 0 Å². The van der Waals surface area contributed by atoms with Crippen LogP contribution in [0.25, 0.3) is 0 Å². The number of likely N-dealkylation sites (tertiary alicyclic amines) is 1. The van der Waals surface area contributed by atoms with Crippen LogP contribution in [-0.2, 0) is 0 Å². The first-order valence-electron chi connectivity index (χ1n) is 4.14. The van der Waals surface area contributed by atoms with Crippen LogP contribution in [-0.4, -0.2) is 23.1 Å². The topological polar surface area (TPSA) is 29.3 Å². The second-order valence-corrected chi connectivity index (χ2v) is 4.11. The molecule has 2 atom stereocenters. The molecule has 0 aromatic heterocycles. The Hall–Kier alpha value is -0.310. The number of nitrogens with two attached hydrogens (primary N) is 1. The first kappa shape index (κ1) is 8.78. The predicted octanol–water partition coefficient (Wildman–Crippen LogP) is 1.21. The Morgan fingerprint density at radius 3 is 2.18 bits per heavy atom. The molecule has 11 heavy (non-hydrogen) atoms. The number of hydrogen-bond acceptors (Lipinski definition) is 1. The van der Waals surface area contributed by atoms with Crippen LogP contribution in [0.3, 0.4) is 0 Å².